The summed E-state index contributed by atoms with van der Waals surface area (Å²) in [7, 11) is 0. The van der Waals surface area contributed by atoms with Crippen LogP contribution in [0.4, 0.5) is 5.95 Å². The zero-order chi connectivity index (χ0) is 18.8. The molecule has 5 rings (SSSR count). The molecule has 0 atom stereocenters. The zero-order valence-electron chi connectivity index (χ0n) is 15.7. The number of benzene rings is 3. The van der Waals surface area contributed by atoms with Crippen molar-refractivity contribution < 1.29 is 4.90 Å². The van der Waals surface area contributed by atoms with Gasteiger partial charge in [-0.25, -0.2) is 0 Å². The fraction of sp³-hybridized carbons (Fsp3) is 0.227. The quantitative estimate of drug-likeness (QED) is 0.594. The maximum Gasteiger partial charge on any atom is 0.250 e. The van der Waals surface area contributed by atoms with E-state index in [2.05, 4.69) is 62.9 Å². The number of para-hydroxylation sites is 1. The van der Waals surface area contributed by atoms with Crippen molar-refractivity contribution in [3.63, 3.8) is 0 Å². The van der Waals surface area contributed by atoms with Crippen LogP contribution in [-0.2, 0) is 6.54 Å². The summed E-state index contributed by atoms with van der Waals surface area (Å²) in [4.78, 5) is 3.89. The Morgan fingerprint density at radius 3 is 2.43 bits per heavy atom. The minimum Gasteiger partial charge on any atom is -0.328 e. The molecule has 4 aromatic rings. The number of hydrogen-bond donors (Lipinski definition) is 1. The maximum absolute atomic E-state index is 4.28. The Morgan fingerprint density at radius 1 is 0.821 bits per heavy atom. The first kappa shape index (κ1) is 16.9. The zero-order valence-corrected chi connectivity index (χ0v) is 15.7. The summed E-state index contributed by atoms with van der Waals surface area (Å²) in [5.74, 6) is 0.829. The standard InChI is InChI=1S/C22H22N6/c1-2-10-20(11-3-1)28-22(23-24-25-28)27-15-13-26(14-16-27)17-19-9-6-8-18-7-4-5-12-21(18)19/h1-12H,13-17H2/p+1. The molecule has 0 bridgehead atoms. The molecule has 0 amide bonds. The van der Waals surface area contributed by atoms with E-state index in [0.717, 1.165) is 44.4 Å². The molecular weight excluding hydrogens is 348 g/mol. The number of rotatable bonds is 4. The van der Waals surface area contributed by atoms with Gasteiger partial charge in [-0.1, -0.05) is 65.8 Å². The number of tetrazole rings is 1. The van der Waals surface area contributed by atoms with Crippen LogP contribution in [0.3, 0.4) is 0 Å². The molecule has 6 heteroatoms. The van der Waals surface area contributed by atoms with Crippen LogP contribution in [-0.4, -0.2) is 46.4 Å². The van der Waals surface area contributed by atoms with Crippen molar-refractivity contribution >= 4 is 16.7 Å². The van der Waals surface area contributed by atoms with Crippen LogP contribution >= 0.6 is 0 Å². The molecule has 140 valence electrons. The first-order valence-electron chi connectivity index (χ1n) is 9.77. The SMILES string of the molecule is c1ccc(-n2nnnc2N2CC[NH+](Cc3cccc4ccccc34)CC2)cc1. The van der Waals surface area contributed by atoms with E-state index in [-0.39, 0.29) is 0 Å². The highest BCUT2D eigenvalue weighted by Gasteiger charge is 2.25. The number of hydrogen-bond acceptors (Lipinski definition) is 4. The van der Waals surface area contributed by atoms with E-state index in [0.29, 0.717) is 0 Å². The van der Waals surface area contributed by atoms with Crippen LogP contribution in [0.5, 0.6) is 0 Å². The molecule has 1 N–H and O–H groups in total. The molecule has 2 heterocycles. The molecule has 0 aliphatic carbocycles. The molecule has 0 saturated carbocycles. The second-order valence-corrected chi connectivity index (χ2v) is 7.28. The largest absolute Gasteiger partial charge is 0.328 e. The highest BCUT2D eigenvalue weighted by Crippen LogP contribution is 2.18. The van der Waals surface area contributed by atoms with Crippen LogP contribution in [0.1, 0.15) is 5.56 Å². The summed E-state index contributed by atoms with van der Waals surface area (Å²) in [5, 5.41) is 15.1. The van der Waals surface area contributed by atoms with Crippen molar-refractivity contribution in [1.29, 1.82) is 0 Å². The van der Waals surface area contributed by atoms with E-state index in [1.165, 1.54) is 16.3 Å². The number of nitrogens with zero attached hydrogens (tertiary/aromatic N) is 5. The van der Waals surface area contributed by atoms with Crippen LogP contribution in [0, 0.1) is 0 Å². The van der Waals surface area contributed by atoms with Crippen LogP contribution < -0.4 is 9.80 Å². The van der Waals surface area contributed by atoms with Crippen LogP contribution in [0.2, 0.25) is 0 Å². The number of quaternary nitrogens is 1. The second kappa shape index (κ2) is 7.40. The second-order valence-electron chi connectivity index (χ2n) is 7.28. The maximum atomic E-state index is 4.28. The van der Waals surface area contributed by atoms with Crippen molar-refractivity contribution in [2.75, 3.05) is 31.1 Å². The number of piperazine rings is 1. The van der Waals surface area contributed by atoms with Gasteiger partial charge in [-0.2, -0.15) is 4.68 Å². The van der Waals surface area contributed by atoms with Gasteiger partial charge in [0.1, 0.15) is 6.54 Å². The Labute approximate surface area is 164 Å². The van der Waals surface area contributed by atoms with Crippen molar-refractivity contribution in [2.45, 2.75) is 6.54 Å². The van der Waals surface area contributed by atoms with Gasteiger partial charge in [0.05, 0.1) is 31.9 Å². The molecule has 0 spiro atoms. The molecule has 1 aromatic heterocycles. The lowest BCUT2D eigenvalue weighted by Crippen LogP contribution is -3.13. The van der Waals surface area contributed by atoms with Crippen molar-refractivity contribution in [2.24, 2.45) is 0 Å². The molecular formula is C22H23N6+. The minimum atomic E-state index is 0.829. The molecule has 6 nitrogen and oxygen atoms in total. The number of anilines is 1. The van der Waals surface area contributed by atoms with Gasteiger partial charge in [0.25, 0.3) is 5.95 Å². The van der Waals surface area contributed by atoms with Gasteiger partial charge in [0.2, 0.25) is 0 Å². The van der Waals surface area contributed by atoms with E-state index in [4.69, 9.17) is 0 Å². The average Bonchev–Trinajstić information content (AvgIpc) is 3.25. The fourth-order valence-corrected chi connectivity index (χ4v) is 4.03. The summed E-state index contributed by atoms with van der Waals surface area (Å²) in [6, 6.07) is 25.3. The Bertz CT molecular complexity index is 1060. The predicted octanol–water partition coefficient (Wildman–Crippen LogP) is 1.72. The van der Waals surface area contributed by atoms with Gasteiger partial charge in [0, 0.05) is 5.56 Å². The fourth-order valence-electron chi connectivity index (χ4n) is 4.03. The third kappa shape index (κ3) is 3.23. The van der Waals surface area contributed by atoms with E-state index >= 15 is 0 Å². The molecule has 1 fully saturated rings. The minimum absolute atomic E-state index is 0.829. The molecule has 1 aliphatic heterocycles. The van der Waals surface area contributed by atoms with Crippen molar-refractivity contribution in [1.82, 2.24) is 20.2 Å². The van der Waals surface area contributed by atoms with E-state index in [9.17, 15) is 0 Å². The lowest BCUT2D eigenvalue weighted by Gasteiger charge is -2.32. The third-order valence-electron chi connectivity index (χ3n) is 5.53. The van der Waals surface area contributed by atoms with E-state index in [1.807, 2.05) is 35.0 Å². The van der Waals surface area contributed by atoms with Gasteiger partial charge in [-0.3, -0.25) is 0 Å². The number of aromatic nitrogens is 4. The van der Waals surface area contributed by atoms with Gasteiger partial charge < -0.3 is 9.80 Å². The van der Waals surface area contributed by atoms with E-state index in [1.54, 1.807) is 4.90 Å². The predicted molar refractivity (Wildman–Crippen MR) is 110 cm³/mol. The molecule has 0 unspecified atom stereocenters. The monoisotopic (exact) mass is 371 g/mol. The highest BCUT2D eigenvalue weighted by atomic mass is 15.6. The lowest BCUT2D eigenvalue weighted by atomic mass is 10.0. The Morgan fingerprint density at radius 2 is 1.57 bits per heavy atom. The van der Waals surface area contributed by atoms with Gasteiger partial charge in [-0.15, -0.1) is 0 Å². The molecule has 0 radical (unpaired) electrons. The first-order chi connectivity index (χ1) is 13.9. The van der Waals surface area contributed by atoms with Crippen LogP contribution in [0.25, 0.3) is 16.5 Å². The Balaban J connectivity index is 1.29. The molecule has 28 heavy (non-hydrogen) atoms. The lowest BCUT2D eigenvalue weighted by molar-refractivity contribution is -0.914. The summed E-state index contributed by atoms with van der Waals surface area (Å²) in [5.41, 5.74) is 2.42. The summed E-state index contributed by atoms with van der Waals surface area (Å²) < 4.78 is 1.83. The number of nitrogens with one attached hydrogen (secondary N) is 1. The topological polar surface area (TPSA) is 51.3 Å². The molecule has 1 aliphatic rings. The van der Waals surface area contributed by atoms with Crippen LogP contribution in [0.15, 0.2) is 72.8 Å². The highest BCUT2D eigenvalue weighted by molar-refractivity contribution is 5.85. The van der Waals surface area contributed by atoms with Gasteiger partial charge in [-0.05, 0) is 33.3 Å². The summed E-state index contributed by atoms with van der Waals surface area (Å²) in [6.07, 6.45) is 0. The Kier molecular flexibility index (Phi) is 4.47. The van der Waals surface area contributed by atoms with Gasteiger partial charge in [0.15, 0.2) is 0 Å². The van der Waals surface area contributed by atoms with Crippen molar-refractivity contribution in [3.05, 3.63) is 78.4 Å². The molecule has 1 saturated heterocycles. The average molecular weight is 371 g/mol. The number of fused-ring (bicyclic) bond motifs is 1. The molecule has 3 aromatic carbocycles. The first-order valence-corrected chi connectivity index (χ1v) is 9.77. The van der Waals surface area contributed by atoms with Gasteiger partial charge >= 0.3 is 0 Å². The third-order valence-corrected chi connectivity index (χ3v) is 5.53. The normalized spacial score (nSPS) is 15.2. The van der Waals surface area contributed by atoms with E-state index < -0.39 is 0 Å². The smallest absolute Gasteiger partial charge is 0.250 e. The summed E-state index contributed by atoms with van der Waals surface area (Å²) >= 11 is 0. The Hall–Kier alpha value is -3.25. The van der Waals surface area contributed by atoms with Crippen molar-refractivity contribution in [3.8, 4) is 5.69 Å². The summed E-state index contributed by atoms with van der Waals surface area (Å²) in [6.45, 7) is 5.11.